The van der Waals surface area contributed by atoms with Crippen LogP contribution < -0.4 is 0 Å². The fourth-order valence-corrected chi connectivity index (χ4v) is 3.97. The molecular formula is C22H22N6O. The average molecular weight is 386 g/mol. The molecule has 0 spiro atoms. The van der Waals surface area contributed by atoms with Crippen molar-refractivity contribution in [3.63, 3.8) is 0 Å². The van der Waals surface area contributed by atoms with E-state index in [0.717, 1.165) is 54.2 Å². The summed E-state index contributed by atoms with van der Waals surface area (Å²) in [6.45, 7) is 1.46. The van der Waals surface area contributed by atoms with Crippen molar-refractivity contribution in [2.75, 3.05) is 13.1 Å². The molecule has 1 aliphatic rings. The molecule has 5 rings (SSSR count). The Kier molecular flexibility index (Phi) is 4.35. The van der Waals surface area contributed by atoms with E-state index in [0.29, 0.717) is 0 Å². The van der Waals surface area contributed by atoms with E-state index in [4.69, 9.17) is 10.1 Å². The third-order valence-corrected chi connectivity index (χ3v) is 5.67. The van der Waals surface area contributed by atoms with Gasteiger partial charge in [0.2, 0.25) is 0 Å². The predicted octanol–water partition coefficient (Wildman–Crippen LogP) is 3.15. The Morgan fingerprint density at radius 3 is 2.55 bits per heavy atom. The van der Waals surface area contributed by atoms with Gasteiger partial charge < -0.3 is 9.47 Å². The Morgan fingerprint density at radius 2 is 1.83 bits per heavy atom. The van der Waals surface area contributed by atoms with Crippen LogP contribution in [0.3, 0.4) is 0 Å². The standard InChI is InChI=1S/C22H22N6O/c1-26-12-2-3-19(26)22(29)27-13-8-17(9-14-27)21-24-20-5-4-18(15-28(20)25-21)16-6-10-23-11-7-16/h2-7,10-12,15,17H,8-9,13-14H2,1H3. The largest absolute Gasteiger partial charge is 0.347 e. The third-order valence-electron chi connectivity index (χ3n) is 5.67. The summed E-state index contributed by atoms with van der Waals surface area (Å²) in [7, 11) is 1.90. The molecule has 4 aromatic rings. The number of aromatic nitrogens is 5. The molecule has 1 amide bonds. The Balaban J connectivity index is 1.32. The lowest BCUT2D eigenvalue weighted by Crippen LogP contribution is -2.38. The second-order valence-electron chi connectivity index (χ2n) is 7.50. The van der Waals surface area contributed by atoms with Gasteiger partial charge in [-0.2, -0.15) is 5.10 Å². The summed E-state index contributed by atoms with van der Waals surface area (Å²) in [6, 6.07) is 11.8. The number of carbonyl (C=O) groups is 1. The zero-order valence-corrected chi connectivity index (χ0v) is 16.3. The van der Waals surface area contributed by atoms with E-state index in [2.05, 4.69) is 11.1 Å². The van der Waals surface area contributed by atoms with Gasteiger partial charge in [0.15, 0.2) is 11.5 Å². The normalized spacial score (nSPS) is 15.1. The molecule has 1 saturated heterocycles. The Hall–Kier alpha value is -3.48. The lowest BCUT2D eigenvalue weighted by Gasteiger charge is -2.30. The van der Waals surface area contributed by atoms with Crippen LogP contribution in [-0.4, -0.2) is 48.0 Å². The first-order valence-corrected chi connectivity index (χ1v) is 9.86. The number of rotatable bonds is 3. The summed E-state index contributed by atoms with van der Waals surface area (Å²) < 4.78 is 3.73. The second-order valence-corrected chi connectivity index (χ2v) is 7.50. The minimum Gasteiger partial charge on any atom is -0.347 e. The molecule has 4 aromatic heterocycles. The van der Waals surface area contributed by atoms with Gasteiger partial charge in [-0.15, -0.1) is 0 Å². The van der Waals surface area contributed by atoms with Crippen molar-refractivity contribution in [2.45, 2.75) is 18.8 Å². The summed E-state index contributed by atoms with van der Waals surface area (Å²) in [5.41, 5.74) is 3.77. The van der Waals surface area contributed by atoms with Crippen molar-refractivity contribution < 1.29 is 4.79 Å². The first-order valence-electron chi connectivity index (χ1n) is 9.86. The molecule has 29 heavy (non-hydrogen) atoms. The fraction of sp³-hybridized carbons (Fsp3) is 0.273. The summed E-state index contributed by atoms with van der Waals surface area (Å²) >= 11 is 0. The van der Waals surface area contributed by atoms with Crippen molar-refractivity contribution in [1.29, 1.82) is 0 Å². The van der Waals surface area contributed by atoms with Crippen LogP contribution in [0, 0.1) is 0 Å². The summed E-state index contributed by atoms with van der Waals surface area (Å²) in [5.74, 6) is 1.24. The number of carbonyl (C=O) groups excluding carboxylic acids is 1. The summed E-state index contributed by atoms with van der Waals surface area (Å²) in [5, 5.41) is 4.74. The van der Waals surface area contributed by atoms with Crippen LogP contribution in [0.2, 0.25) is 0 Å². The summed E-state index contributed by atoms with van der Waals surface area (Å²) in [4.78, 5) is 23.4. The van der Waals surface area contributed by atoms with E-state index in [9.17, 15) is 4.79 Å². The van der Waals surface area contributed by atoms with Gasteiger partial charge in [-0.1, -0.05) is 0 Å². The topological polar surface area (TPSA) is 68.3 Å². The van der Waals surface area contributed by atoms with Crippen LogP contribution in [0.25, 0.3) is 16.8 Å². The summed E-state index contributed by atoms with van der Waals surface area (Å²) in [6.07, 6.45) is 9.25. The second kappa shape index (κ2) is 7.16. The van der Waals surface area contributed by atoms with Crippen LogP contribution in [0.15, 0.2) is 61.2 Å². The van der Waals surface area contributed by atoms with Crippen LogP contribution >= 0.6 is 0 Å². The molecule has 0 aliphatic carbocycles. The van der Waals surface area contributed by atoms with Crippen LogP contribution in [-0.2, 0) is 7.05 Å². The fourth-order valence-electron chi connectivity index (χ4n) is 3.97. The lowest BCUT2D eigenvalue weighted by molar-refractivity contribution is 0.0701. The lowest BCUT2D eigenvalue weighted by atomic mass is 9.96. The van der Waals surface area contributed by atoms with E-state index in [1.807, 2.05) is 63.8 Å². The highest BCUT2D eigenvalue weighted by Gasteiger charge is 2.27. The number of fused-ring (bicyclic) bond motifs is 1. The first kappa shape index (κ1) is 17.6. The number of nitrogens with zero attached hydrogens (tertiary/aromatic N) is 6. The van der Waals surface area contributed by atoms with E-state index in [1.165, 1.54) is 0 Å². The van der Waals surface area contributed by atoms with Crippen molar-refractivity contribution in [1.82, 2.24) is 29.0 Å². The molecule has 0 bridgehead atoms. The van der Waals surface area contributed by atoms with Crippen LogP contribution in [0.4, 0.5) is 0 Å². The Bertz CT molecular complexity index is 1150. The molecule has 0 aromatic carbocycles. The molecule has 0 saturated carbocycles. The van der Waals surface area contributed by atoms with Crippen molar-refractivity contribution in [2.24, 2.45) is 7.05 Å². The highest BCUT2D eigenvalue weighted by molar-refractivity contribution is 5.92. The molecule has 7 nitrogen and oxygen atoms in total. The molecule has 0 atom stereocenters. The van der Waals surface area contributed by atoms with Gasteiger partial charge in [0.1, 0.15) is 5.69 Å². The Labute approximate surface area is 168 Å². The van der Waals surface area contributed by atoms with E-state index >= 15 is 0 Å². The maximum Gasteiger partial charge on any atom is 0.270 e. The molecule has 146 valence electrons. The van der Waals surface area contributed by atoms with E-state index < -0.39 is 0 Å². The number of likely N-dealkylation sites (tertiary alicyclic amines) is 1. The maximum absolute atomic E-state index is 12.7. The zero-order valence-electron chi connectivity index (χ0n) is 16.3. The third kappa shape index (κ3) is 3.29. The predicted molar refractivity (Wildman–Crippen MR) is 110 cm³/mol. The molecule has 0 unspecified atom stereocenters. The molecule has 1 aliphatic heterocycles. The van der Waals surface area contributed by atoms with Crippen molar-refractivity contribution in [3.8, 4) is 11.1 Å². The number of hydrogen-bond donors (Lipinski definition) is 0. The Morgan fingerprint density at radius 1 is 1.03 bits per heavy atom. The van der Waals surface area contributed by atoms with Gasteiger partial charge in [-0.25, -0.2) is 9.50 Å². The van der Waals surface area contributed by atoms with E-state index in [1.54, 1.807) is 12.4 Å². The number of aryl methyl sites for hydroxylation is 1. The van der Waals surface area contributed by atoms with Crippen molar-refractivity contribution in [3.05, 3.63) is 72.7 Å². The molecule has 0 radical (unpaired) electrons. The van der Waals surface area contributed by atoms with Crippen molar-refractivity contribution >= 4 is 11.6 Å². The van der Waals surface area contributed by atoms with Gasteiger partial charge in [-0.3, -0.25) is 9.78 Å². The smallest absolute Gasteiger partial charge is 0.270 e. The molecule has 1 fully saturated rings. The van der Waals surface area contributed by atoms with E-state index in [-0.39, 0.29) is 11.8 Å². The van der Waals surface area contributed by atoms with Crippen LogP contribution in [0.5, 0.6) is 0 Å². The number of piperidine rings is 1. The number of pyridine rings is 2. The average Bonchev–Trinajstić information content (AvgIpc) is 3.39. The molecule has 5 heterocycles. The molecule has 7 heteroatoms. The first-order chi connectivity index (χ1) is 14.2. The highest BCUT2D eigenvalue weighted by atomic mass is 16.2. The maximum atomic E-state index is 12.7. The van der Waals surface area contributed by atoms with Crippen LogP contribution in [0.1, 0.15) is 35.1 Å². The zero-order chi connectivity index (χ0) is 19.8. The van der Waals surface area contributed by atoms with Gasteiger partial charge in [0.05, 0.1) is 0 Å². The van der Waals surface area contributed by atoms with Gasteiger partial charge in [0.25, 0.3) is 5.91 Å². The minimum atomic E-state index is 0.0981. The number of hydrogen-bond acceptors (Lipinski definition) is 4. The quantitative estimate of drug-likeness (QED) is 0.542. The molecule has 0 N–H and O–H groups in total. The molecular weight excluding hydrogens is 364 g/mol. The minimum absolute atomic E-state index is 0.0981. The highest BCUT2D eigenvalue weighted by Crippen LogP contribution is 2.27. The van der Waals surface area contributed by atoms with Gasteiger partial charge >= 0.3 is 0 Å². The monoisotopic (exact) mass is 386 g/mol. The number of amides is 1. The van der Waals surface area contributed by atoms with Gasteiger partial charge in [-0.05, 0) is 54.8 Å². The SMILES string of the molecule is Cn1cccc1C(=O)N1CCC(c2nc3ccc(-c4ccncc4)cn3n2)CC1. The van der Waals surface area contributed by atoms with Gasteiger partial charge in [0, 0.05) is 56.4 Å².